The molecule has 152 valence electrons. The Labute approximate surface area is 174 Å². The van der Waals surface area contributed by atoms with Crippen molar-refractivity contribution in [1.82, 2.24) is 9.80 Å². The molecule has 0 N–H and O–H groups in total. The summed E-state index contributed by atoms with van der Waals surface area (Å²) < 4.78 is 24.8. The Hall–Kier alpha value is -2.82. The van der Waals surface area contributed by atoms with E-state index >= 15 is 0 Å². The van der Waals surface area contributed by atoms with Gasteiger partial charge in [-0.25, -0.2) is 4.39 Å². The van der Waals surface area contributed by atoms with Gasteiger partial charge in [-0.05, 0) is 24.3 Å². The summed E-state index contributed by atoms with van der Waals surface area (Å²) in [6, 6.07) is 11.5. The zero-order valence-electron chi connectivity index (χ0n) is 16.0. The SMILES string of the molecule is COc1cc(C#N)ccc1OCC(=O)N1CCN(Cc2c(F)cccc2Cl)CC1. The molecule has 0 aromatic heterocycles. The fourth-order valence-corrected chi connectivity index (χ4v) is 3.37. The van der Waals surface area contributed by atoms with Gasteiger partial charge in [0, 0.05) is 49.4 Å². The van der Waals surface area contributed by atoms with Gasteiger partial charge < -0.3 is 14.4 Å². The minimum absolute atomic E-state index is 0.124. The molecule has 0 radical (unpaired) electrons. The van der Waals surface area contributed by atoms with Gasteiger partial charge >= 0.3 is 0 Å². The average Bonchev–Trinajstić information content (AvgIpc) is 2.75. The number of halogens is 2. The van der Waals surface area contributed by atoms with E-state index in [0.29, 0.717) is 60.4 Å². The van der Waals surface area contributed by atoms with Crippen molar-refractivity contribution in [3.63, 3.8) is 0 Å². The van der Waals surface area contributed by atoms with E-state index < -0.39 is 0 Å². The number of rotatable bonds is 6. The van der Waals surface area contributed by atoms with Crippen LogP contribution in [-0.2, 0) is 11.3 Å². The maximum Gasteiger partial charge on any atom is 0.260 e. The molecule has 0 spiro atoms. The second-order valence-electron chi connectivity index (χ2n) is 6.62. The lowest BCUT2D eigenvalue weighted by molar-refractivity contribution is -0.135. The molecular formula is C21H21ClFN3O3. The topological polar surface area (TPSA) is 65.8 Å². The highest BCUT2D eigenvalue weighted by molar-refractivity contribution is 6.31. The molecule has 8 heteroatoms. The smallest absolute Gasteiger partial charge is 0.260 e. The first kappa shape index (κ1) is 20.9. The first-order valence-corrected chi connectivity index (χ1v) is 9.53. The molecule has 0 unspecified atom stereocenters. The molecule has 29 heavy (non-hydrogen) atoms. The molecule has 0 bridgehead atoms. The highest BCUT2D eigenvalue weighted by atomic mass is 35.5. The van der Waals surface area contributed by atoms with Gasteiger partial charge in [-0.1, -0.05) is 17.7 Å². The fraction of sp³-hybridized carbons (Fsp3) is 0.333. The van der Waals surface area contributed by atoms with Gasteiger partial charge in [0.25, 0.3) is 5.91 Å². The van der Waals surface area contributed by atoms with Crippen molar-refractivity contribution in [2.45, 2.75) is 6.54 Å². The van der Waals surface area contributed by atoms with Gasteiger partial charge in [-0.3, -0.25) is 9.69 Å². The number of piperazine rings is 1. The van der Waals surface area contributed by atoms with Crippen LogP contribution in [0.4, 0.5) is 4.39 Å². The molecule has 1 fully saturated rings. The number of nitriles is 1. The van der Waals surface area contributed by atoms with Crippen molar-refractivity contribution in [2.24, 2.45) is 0 Å². The van der Waals surface area contributed by atoms with Crippen LogP contribution in [0.25, 0.3) is 0 Å². The minimum Gasteiger partial charge on any atom is -0.493 e. The molecule has 1 saturated heterocycles. The summed E-state index contributed by atoms with van der Waals surface area (Å²) in [4.78, 5) is 16.3. The Bertz CT molecular complexity index is 904. The molecule has 0 aliphatic carbocycles. The van der Waals surface area contributed by atoms with Gasteiger partial charge in [-0.15, -0.1) is 0 Å². The molecule has 6 nitrogen and oxygen atoms in total. The maximum absolute atomic E-state index is 14.0. The number of ether oxygens (including phenoxy) is 2. The van der Waals surface area contributed by atoms with Crippen LogP contribution in [0.2, 0.25) is 5.02 Å². The normalized spacial score (nSPS) is 14.3. The molecule has 3 rings (SSSR count). The number of hydrogen-bond donors (Lipinski definition) is 0. The molecule has 2 aromatic carbocycles. The first-order valence-electron chi connectivity index (χ1n) is 9.15. The lowest BCUT2D eigenvalue weighted by Gasteiger charge is -2.34. The number of benzene rings is 2. The van der Waals surface area contributed by atoms with Gasteiger partial charge in [0.1, 0.15) is 5.82 Å². The van der Waals surface area contributed by atoms with Crippen molar-refractivity contribution in [3.8, 4) is 17.6 Å². The number of carbonyl (C=O) groups is 1. The van der Waals surface area contributed by atoms with Crippen LogP contribution in [0.5, 0.6) is 11.5 Å². The first-order chi connectivity index (χ1) is 14.0. The average molecular weight is 418 g/mol. The number of nitrogens with zero attached hydrogens (tertiary/aromatic N) is 3. The molecule has 2 aromatic rings. The van der Waals surface area contributed by atoms with E-state index in [9.17, 15) is 9.18 Å². The van der Waals surface area contributed by atoms with E-state index in [1.807, 2.05) is 6.07 Å². The molecular weight excluding hydrogens is 397 g/mol. The number of hydrogen-bond acceptors (Lipinski definition) is 5. The zero-order valence-corrected chi connectivity index (χ0v) is 16.8. The quantitative estimate of drug-likeness (QED) is 0.722. The van der Waals surface area contributed by atoms with Crippen LogP contribution >= 0.6 is 11.6 Å². The van der Waals surface area contributed by atoms with Gasteiger partial charge in [0.15, 0.2) is 18.1 Å². The molecule has 1 aliphatic rings. The van der Waals surface area contributed by atoms with Gasteiger partial charge in [0.05, 0.1) is 18.7 Å². The summed E-state index contributed by atoms with van der Waals surface area (Å²) in [6.07, 6.45) is 0. The summed E-state index contributed by atoms with van der Waals surface area (Å²) in [5, 5.41) is 9.35. The summed E-state index contributed by atoms with van der Waals surface area (Å²) in [5.74, 6) is 0.358. The van der Waals surface area contributed by atoms with E-state index in [-0.39, 0.29) is 18.3 Å². The van der Waals surface area contributed by atoms with Crippen molar-refractivity contribution in [2.75, 3.05) is 39.9 Å². The van der Waals surface area contributed by atoms with Crippen molar-refractivity contribution < 1.29 is 18.7 Å². The van der Waals surface area contributed by atoms with Crippen molar-refractivity contribution >= 4 is 17.5 Å². The predicted octanol–water partition coefficient (Wildman–Crippen LogP) is 3.08. The minimum atomic E-state index is -0.319. The van der Waals surface area contributed by atoms with Crippen LogP contribution in [0.15, 0.2) is 36.4 Å². The Morgan fingerprint density at radius 3 is 2.62 bits per heavy atom. The maximum atomic E-state index is 14.0. The highest BCUT2D eigenvalue weighted by Gasteiger charge is 2.23. The van der Waals surface area contributed by atoms with Crippen molar-refractivity contribution in [3.05, 3.63) is 58.4 Å². The lowest BCUT2D eigenvalue weighted by Crippen LogP contribution is -2.49. The summed E-state index contributed by atoms with van der Waals surface area (Å²) in [7, 11) is 1.48. The van der Waals surface area contributed by atoms with E-state index in [1.54, 1.807) is 35.2 Å². The third-order valence-corrected chi connectivity index (χ3v) is 5.17. The number of methoxy groups -OCH3 is 1. The molecule has 0 atom stereocenters. The van der Waals surface area contributed by atoms with E-state index in [1.165, 1.54) is 13.2 Å². The van der Waals surface area contributed by atoms with Crippen LogP contribution in [0.3, 0.4) is 0 Å². The summed E-state index contributed by atoms with van der Waals surface area (Å²) in [5.41, 5.74) is 0.928. The molecule has 1 amide bonds. The van der Waals surface area contributed by atoms with Crippen LogP contribution in [-0.4, -0.2) is 55.6 Å². The Balaban J connectivity index is 1.51. The summed E-state index contributed by atoms with van der Waals surface area (Å²) >= 11 is 6.10. The van der Waals surface area contributed by atoms with Crippen LogP contribution < -0.4 is 9.47 Å². The Morgan fingerprint density at radius 2 is 1.97 bits per heavy atom. The standard InChI is InChI=1S/C21H21ClFN3O3/c1-28-20-11-15(12-24)5-6-19(20)29-14-21(27)26-9-7-25(8-10-26)13-16-17(22)3-2-4-18(16)23/h2-6,11H,7-10,13-14H2,1H3. The lowest BCUT2D eigenvalue weighted by atomic mass is 10.2. The fourth-order valence-electron chi connectivity index (χ4n) is 3.15. The van der Waals surface area contributed by atoms with E-state index in [0.717, 1.165) is 0 Å². The predicted molar refractivity (Wildman–Crippen MR) is 106 cm³/mol. The van der Waals surface area contributed by atoms with E-state index in [4.69, 9.17) is 26.3 Å². The van der Waals surface area contributed by atoms with Crippen LogP contribution in [0, 0.1) is 17.1 Å². The summed E-state index contributed by atoms with van der Waals surface area (Å²) in [6.45, 7) is 2.58. The Kier molecular flexibility index (Phi) is 6.91. The molecule has 1 aliphatic heterocycles. The third-order valence-electron chi connectivity index (χ3n) is 4.81. The highest BCUT2D eigenvalue weighted by Crippen LogP contribution is 2.28. The molecule has 0 saturated carbocycles. The molecule has 1 heterocycles. The second-order valence-corrected chi connectivity index (χ2v) is 7.03. The number of amides is 1. The second kappa shape index (κ2) is 9.59. The van der Waals surface area contributed by atoms with Gasteiger partial charge in [-0.2, -0.15) is 5.26 Å². The number of carbonyl (C=O) groups excluding carboxylic acids is 1. The largest absolute Gasteiger partial charge is 0.493 e. The Morgan fingerprint density at radius 1 is 1.21 bits per heavy atom. The zero-order chi connectivity index (χ0) is 20.8. The third kappa shape index (κ3) is 5.17. The van der Waals surface area contributed by atoms with Crippen LogP contribution in [0.1, 0.15) is 11.1 Å². The van der Waals surface area contributed by atoms with Crippen molar-refractivity contribution in [1.29, 1.82) is 5.26 Å². The monoisotopic (exact) mass is 417 g/mol. The van der Waals surface area contributed by atoms with E-state index in [2.05, 4.69) is 4.90 Å². The van der Waals surface area contributed by atoms with Gasteiger partial charge in [0.2, 0.25) is 0 Å².